The molecule has 0 radical (unpaired) electrons. The summed E-state index contributed by atoms with van der Waals surface area (Å²) in [5.74, 6) is -0.456. The van der Waals surface area contributed by atoms with Crippen LogP contribution in [-0.4, -0.2) is 17.9 Å². The number of carbonyl (C=O) groups is 1. The maximum absolute atomic E-state index is 13.9. The second-order valence-corrected chi connectivity index (χ2v) is 7.93. The van der Waals surface area contributed by atoms with Crippen LogP contribution in [0.1, 0.15) is 33.3 Å². The van der Waals surface area contributed by atoms with Crippen molar-refractivity contribution < 1.29 is 18.3 Å². The van der Waals surface area contributed by atoms with E-state index in [0.29, 0.717) is 16.3 Å². The van der Waals surface area contributed by atoms with Gasteiger partial charge in [0.15, 0.2) is 5.43 Å². The Labute approximate surface area is 187 Å². The number of fused-ring (bicyclic) bond motifs is 2. The van der Waals surface area contributed by atoms with Gasteiger partial charge in [-0.15, -0.1) is 0 Å². The maximum Gasteiger partial charge on any atom is 0.291 e. The number of hydrogen-bond acceptors (Lipinski definition) is 4. The Hall–Kier alpha value is -3.64. The van der Waals surface area contributed by atoms with Crippen molar-refractivity contribution in [1.29, 1.82) is 0 Å². The van der Waals surface area contributed by atoms with Crippen LogP contribution in [0.3, 0.4) is 0 Å². The Morgan fingerprint density at radius 1 is 1.06 bits per heavy atom. The van der Waals surface area contributed by atoms with Crippen LogP contribution < -0.4 is 10.2 Å². The topological polar surface area (TPSA) is 59.8 Å². The molecule has 5 rings (SSSR count). The molecule has 1 aliphatic rings. The summed E-state index contributed by atoms with van der Waals surface area (Å²) in [6.07, 6.45) is 0. The van der Waals surface area contributed by atoms with E-state index in [1.807, 2.05) is 18.2 Å². The number of nitrogens with zero attached hydrogens (tertiary/aromatic N) is 1. The summed E-state index contributed by atoms with van der Waals surface area (Å²) in [5, 5.41) is 0.594. The Kier molecular flexibility index (Phi) is 4.94. The molecule has 5 nitrogen and oxygen atoms in total. The third-order valence-corrected chi connectivity index (χ3v) is 6.00. The number of hydrogen-bond donors (Lipinski definition) is 0. The molecule has 3 aromatic carbocycles. The van der Waals surface area contributed by atoms with Crippen molar-refractivity contribution in [2.75, 3.05) is 7.11 Å². The van der Waals surface area contributed by atoms with E-state index in [1.54, 1.807) is 42.3 Å². The minimum absolute atomic E-state index is 0.0472. The first kappa shape index (κ1) is 20.3. The molecule has 0 fully saturated rings. The van der Waals surface area contributed by atoms with Gasteiger partial charge in [-0.25, -0.2) is 4.39 Å². The molecule has 1 unspecified atom stereocenters. The number of amides is 1. The van der Waals surface area contributed by atoms with Crippen molar-refractivity contribution in [2.24, 2.45) is 0 Å². The van der Waals surface area contributed by atoms with Crippen molar-refractivity contribution >= 4 is 28.5 Å². The van der Waals surface area contributed by atoms with Crippen molar-refractivity contribution in [3.8, 4) is 5.75 Å². The van der Waals surface area contributed by atoms with Gasteiger partial charge in [0.1, 0.15) is 17.1 Å². The van der Waals surface area contributed by atoms with E-state index < -0.39 is 23.2 Å². The molecule has 1 aromatic heterocycles. The Balaban J connectivity index is 1.75. The van der Waals surface area contributed by atoms with Crippen molar-refractivity contribution in [3.63, 3.8) is 0 Å². The zero-order valence-electron chi connectivity index (χ0n) is 17.0. The first-order valence-electron chi connectivity index (χ1n) is 9.92. The lowest BCUT2D eigenvalue weighted by molar-refractivity contribution is 0.0714. The summed E-state index contributed by atoms with van der Waals surface area (Å²) in [5.41, 5.74) is 1.29. The molecule has 4 aromatic rings. The third kappa shape index (κ3) is 3.24. The predicted octanol–water partition coefficient (Wildman–Crippen LogP) is 5.34. The fourth-order valence-electron chi connectivity index (χ4n) is 4.12. The van der Waals surface area contributed by atoms with Crippen LogP contribution in [-0.2, 0) is 6.54 Å². The highest BCUT2D eigenvalue weighted by molar-refractivity contribution is 6.31. The predicted molar refractivity (Wildman–Crippen MR) is 119 cm³/mol. The number of methoxy groups -OCH3 is 1. The van der Waals surface area contributed by atoms with Crippen LogP contribution in [0.5, 0.6) is 5.75 Å². The van der Waals surface area contributed by atoms with E-state index in [1.165, 1.54) is 12.1 Å². The molecule has 0 saturated heterocycles. The number of halogens is 2. The van der Waals surface area contributed by atoms with Crippen molar-refractivity contribution in [3.05, 3.63) is 110 Å². The van der Waals surface area contributed by atoms with Gasteiger partial charge >= 0.3 is 0 Å². The molecule has 0 saturated carbocycles. The zero-order chi connectivity index (χ0) is 22.4. The van der Waals surface area contributed by atoms with Gasteiger partial charge in [-0.3, -0.25) is 9.59 Å². The first-order chi connectivity index (χ1) is 15.5. The van der Waals surface area contributed by atoms with E-state index >= 15 is 0 Å². The van der Waals surface area contributed by atoms with Crippen molar-refractivity contribution in [1.82, 2.24) is 4.90 Å². The van der Waals surface area contributed by atoms with E-state index in [2.05, 4.69) is 0 Å². The minimum Gasteiger partial charge on any atom is -0.497 e. The highest BCUT2D eigenvalue weighted by atomic mass is 35.5. The normalized spacial score (nSPS) is 15.3. The number of ether oxygens (including phenoxy) is 1. The number of carbonyl (C=O) groups excluding carboxylic acids is 1. The summed E-state index contributed by atoms with van der Waals surface area (Å²) in [7, 11) is 1.54. The number of rotatable bonds is 4. The smallest absolute Gasteiger partial charge is 0.291 e. The SMILES string of the molecule is COc1cccc(C2c3c(oc4ccc(F)cc4c3=O)C(=O)N2Cc2ccccc2Cl)c1. The maximum atomic E-state index is 13.9. The molecule has 0 bridgehead atoms. The second kappa shape index (κ2) is 7.80. The fraction of sp³-hybridized carbons (Fsp3) is 0.120. The van der Waals surface area contributed by atoms with Gasteiger partial charge in [-0.2, -0.15) is 0 Å². The Morgan fingerprint density at radius 3 is 2.66 bits per heavy atom. The highest BCUT2D eigenvalue weighted by Crippen LogP contribution is 2.40. The van der Waals surface area contributed by atoms with Gasteiger partial charge in [0, 0.05) is 11.6 Å². The third-order valence-electron chi connectivity index (χ3n) is 5.64. The van der Waals surface area contributed by atoms with Gasteiger partial charge in [0.2, 0.25) is 5.76 Å². The van der Waals surface area contributed by atoms with E-state index in [9.17, 15) is 14.0 Å². The lowest BCUT2D eigenvalue weighted by atomic mass is 9.98. The molecule has 7 heteroatoms. The first-order valence-corrected chi connectivity index (χ1v) is 10.3. The second-order valence-electron chi connectivity index (χ2n) is 7.52. The van der Waals surface area contributed by atoms with Gasteiger partial charge < -0.3 is 14.1 Å². The standard InChI is InChI=1S/C25H17ClFNO4/c1-31-17-7-4-6-14(11-17)22-21-23(29)18-12-16(27)9-10-20(18)32-24(21)25(30)28(22)13-15-5-2-3-8-19(15)26/h2-12,22H,13H2,1H3. The lowest BCUT2D eigenvalue weighted by Gasteiger charge is -2.26. The molecule has 1 aliphatic heterocycles. The van der Waals surface area contributed by atoms with Crippen LogP contribution in [0.25, 0.3) is 11.0 Å². The molecular formula is C25H17ClFNO4. The highest BCUT2D eigenvalue weighted by Gasteiger charge is 2.43. The molecule has 32 heavy (non-hydrogen) atoms. The van der Waals surface area contributed by atoms with Crippen LogP contribution in [0.15, 0.2) is 75.9 Å². The van der Waals surface area contributed by atoms with Crippen LogP contribution in [0.4, 0.5) is 4.39 Å². The van der Waals surface area contributed by atoms with Gasteiger partial charge in [0.25, 0.3) is 5.91 Å². The van der Waals surface area contributed by atoms with Gasteiger partial charge in [-0.05, 0) is 47.5 Å². The fourth-order valence-corrected chi connectivity index (χ4v) is 4.32. The van der Waals surface area contributed by atoms with E-state index in [-0.39, 0.29) is 28.8 Å². The van der Waals surface area contributed by atoms with Gasteiger partial charge in [0.05, 0.1) is 24.1 Å². The summed E-state index contributed by atoms with van der Waals surface area (Å²) in [6, 6.07) is 17.3. The molecule has 2 heterocycles. The summed E-state index contributed by atoms with van der Waals surface area (Å²) in [4.78, 5) is 28.5. The molecule has 1 atom stereocenters. The minimum atomic E-state index is -0.743. The van der Waals surface area contributed by atoms with E-state index in [0.717, 1.165) is 11.6 Å². The number of benzene rings is 3. The Morgan fingerprint density at radius 2 is 1.88 bits per heavy atom. The van der Waals surface area contributed by atoms with Crippen molar-refractivity contribution in [2.45, 2.75) is 12.6 Å². The molecular weight excluding hydrogens is 433 g/mol. The molecule has 0 N–H and O–H groups in total. The summed E-state index contributed by atoms with van der Waals surface area (Å²) >= 11 is 6.35. The molecule has 0 spiro atoms. The summed E-state index contributed by atoms with van der Waals surface area (Å²) < 4.78 is 25.1. The molecule has 0 aliphatic carbocycles. The van der Waals surface area contributed by atoms with Gasteiger partial charge in [-0.1, -0.05) is 41.9 Å². The average molecular weight is 450 g/mol. The largest absolute Gasteiger partial charge is 0.497 e. The van der Waals surface area contributed by atoms with E-state index in [4.69, 9.17) is 20.8 Å². The van der Waals surface area contributed by atoms with Crippen LogP contribution >= 0.6 is 11.6 Å². The monoisotopic (exact) mass is 449 g/mol. The Bertz CT molecular complexity index is 1430. The zero-order valence-corrected chi connectivity index (χ0v) is 17.7. The molecule has 160 valence electrons. The molecule has 1 amide bonds. The lowest BCUT2D eigenvalue weighted by Crippen LogP contribution is -2.29. The van der Waals surface area contributed by atoms with Crippen LogP contribution in [0, 0.1) is 5.82 Å². The average Bonchev–Trinajstić information content (AvgIpc) is 3.08. The summed E-state index contributed by atoms with van der Waals surface area (Å²) in [6.45, 7) is 0.161. The van der Waals surface area contributed by atoms with Crippen LogP contribution in [0.2, 0.25) is 5.02 Å². The quantitative estimate of drug-likeness (QED) is 0.422.